The average molecular weight is 429 g/mol. The number of allylic oxidation sites excluding steroid dienone is 1. The predicted molar refractivity (Wildman–Crippen MR) is 115 cm³/mol. The van der Waals surface area contributed by atoms with E-state index in [9.17, 15) is 13.2 Å². The van der Waals surface area contributed by atoms with Gasteiger partial charge in [0.1, 0.15) is 17.2 Å². The molecule has 0 fully saturated rings. The second kappa shape index (κ2) is 8.58. The minimum absolute atomic E-state index is 0.0595. The maximum atomic E-state index is 13.0. The van der Waals surface area contributed by atoms with Crippen molar-refractivity contribution < 1.29 is 22.7 Å². The first-order chi connectivity index (χ1) is 14.3. The Balaban J connectivity index is 2.06. The van der Waals surface area contributed by atoms with Crippen LogP contribution in [-0.2, 0) is 21.4 Å². The monoisotopic (exact) mass is 429 g/mol. The second-order valence-corrected chi connectivity index (χ2v) is 8.11. The van der Waals surface area contributed by atoms with Crippen LogP contribution in [0.2, 0.25) is 0 Å². The van der Waals surface area contributed by atoms with Gasteiger partial charge in [0, 0.05) is 18.3 Å². The Bertz CT molecular complexity index is 1140. The number of nitrogens with one attached hydrogen (secondary N) is 1. The van der Waals surface area contributed by atoms with Crippen LogP contribution in [0.15, 0.2) is 58.6 Å². The van der Waals surface area contributed by atoms with Gasteiger partial charge in [0.2, 0.25) is 0 Å². The van der Waals surface area contributed by atoms with Crippen molar-refractivity contribution >= 4 is 27.5 Å². The van der Waals surface area contributed by atoms with Gasteiger partial charge in [-0.15, -0.1) is 4.40 Å². The van der Waals surface area contributed by atoms with Crippen LogP contribution in [0.25, 0.3) is 0 Å². The molecule has 1 aliphatic heterocycles. The molecular weight excluding hydrogens is 406 g/mol. The van der Waals surface area contributed by atoms with Crippen molar-refractivity contribution in [1.29, 1.82) is 0 Å². The first-order valence-corrected chi connectivity index (χ1v) is 10.6. The van der Waals surface area contributed by atoms with Crippen molar-refractivity contribution in [3.05, 3.63) is 65.4 Å². The Morgan fingerprint density at radius 2 is 1.87 bits per heavy atom. The van der Waals surface area contributed by atoms with Crippen LogP contribution < -0.4 is 14.8 Å². The van der Waals surface area contributed by atoms with Crippen LogP contribution in [0.1, 0.15) is 18.1 Å². The third-order valence-corrected chi connectivity index (χ3v) is 6.05. The summed E-state index contributed by atoms with van der Waals surface area (Å²) in [4.78, 5) is 13.0. The zero-order valence-corrected chi connectivity index (χ0v) is 18.0. The van der Waals surface area contributed by atoms with Crippen molar-refractivity contribution in [3.63, 3.8) is 0 Å². The summed E-state index contributed by atoms with van der Waals surface area (Å²) in [6.45, 7) is 1.97. The summed E-state index contributed by atoms with van der Waals surface area (Å²) in [7, 11) is 0.143. The lowest BCUT2D eigenvalue weighted by molar-refractivity contribution is -0.113. The fourth-order valence-corrected chi connectivity index (χ4v) is 3.95. The molecule has 8 nitrogen and oxygen atoms in total. The maximum absolute atomic E-state index is 13.0. The minimum atomic E-state index is -4.11. The average Bonchev–Trinajstić information content (AvgIpc) is 2.75. The molecular formula is C21H23N3O5S. The Morgan fingerprint density at radius 3 is 2.53 bits per heavy atom. The van der Waals surface area contributed by atoms with Gasteiger partial charge in [-0.3, -0.25) is 4.79 Å². The largest absolute Gasteiger partial charge is 0.497 e. The number of nitrogens with zero attached hydrogens (tertiary/aromatic N) is 2. The number of ether oxygens (including phenoxy) is 2. The lowest BCUT2D eigenvalue weighted by Gasteiger charge is -2.24. The number of aryl methyl sites for hydroxylation is 1. The summed E-state index contributed by atoms with van der Waals surface area (Å²) >= 11 is 0. The van der Waals surface area contributed by atoms with Gasteiger partial charge in [-0.25, -0.2) is 4.31 Å². The van der Waals surface area contributed by atoms with Gasteiger partial charge >= 0.3 is 10.2 Å². The first-order valence-electron chi connectivity index (χ1n) is 9.23. The van der Waals surface area contributed by atoms with E-state index < -0.39 is 16.1 Å². The molecule has 158 valence electrons. The molecule has 0 saturated heterocycles. The molecule has 0 radical (unpaired) electrons. The summed E-state index contributed by atoms with van der Waals surface area (Å²) in [6, 6.07) is 12.3. The lowest BCUT2D eigenvalue weighted by atomic mass is 10.1. The molecule has 1 amide bonds. The highest BCUT2D eigenvalue weighted by Crippen LogP contribution is 2.29. The highest BCUT2D eigenvalue weighted by atomic mass is 32.2. The Labute approximate surface area is 176 Å². The zero-order chi connectivity index (χ0) is 21.9. The van der Waals surface area contributed by atoms with Gasteiger partial charge in [0.15, 0.2) is 0 Å². The number of likely N-dealkylation sites (N-methyl/N-ethyl adjacent to an activating group) is 1. The van der Waals surface area contributed by atoms with E-state index in [1.807, 2.05) is 19.1 Å². The van der Waals surface area contributed by atoms with Crippen LogP contribution in [0.5, 0.6) is 11.5 Å². The standard InChI is InChI=1S/C21H23N3O5S/c1-5-14-8-6-7-9-17(14)22-21(25)19-13-18(23-30(26,27)24(19)2)16-12-15(28-3)10-11-20(16)29-4/h6-13H,5H2,1-4H3,(H,22,25). The van der Waals surface area contributed by atoms with E-state index >= 15 is 0 Å². The van der Waals surface area contributed by atoms with E-state index in [0.717, 1.165) is 16.3 Å². The first kappa shape index (κ1) is 21.4. The number of hydrogen-bond donors (Lipinski definition) is 1. The fraction of sp³-hybridized carbons (Fsp3) is 0.238. The van der Waals surface area contributed by atoms with E-state index in [-0.39, 0.29) is 11.4 Å². The molecule has 1 aliphatic rings. The minimum Gasteiger partial charge on any atom is -0.497 e. The molecule has 0 atom stereocenters. The number of anilines is 1. The number of benzene rings is 2. The van der Waals surface area contributed by atoms with Crippen molar-refractivity contribution in [2.24, 2.45) is 4.40 Å². The van der Waals surface area contributed by atoms with Crippen molar-refractivity contribution in [2.75, 3.05) is 26.6 Å². The Hall–Kier alpha value is -3.33. The number of rotatable bonds is 6. The van der Waals surface area contributed by atoms with Gasteiger partial charge < -0.3 is 14.8 Å². The summed E-state index contributed by atoms with van der Waals surface area (Å²) in [5.74, 6) is 0.346. The number of carbonyl (C=O) groups excluding carboxylic acids is 1. The highest BCUT2D eigenvalue weighted by molar-refractivity contribution is 7.88. The summed E-state index contributed by atoms with van der Waals surface area (Å²) in [5.41, 5.74) is 1.98. The summed E-state index contributed by atoms with van der Waals surface area (Å²) in [6.07, 6.45) is 2.14. The summed E-state index contributed by atoms with van der Waals surface area (Å²) in [5, 5.41) is 2.80. The normalized spacial score (nSPS) is 15.1. The van der Waals surface area contributed by atoms with Crippen molar-refractivity contribution in [3.8, 4) is 11.5 Å². The molecule has 30 heavy (non-hydrogen) atoms. The van der Waals surface area contributed by atoms with Crippen LogP contribution in [-0.4, -0.2) is 45.6 Å². The fourth-order valence-electron chi connectivity index (χ4n) is 3.04. The third-order valence-electron chi connectivity index (χ3n) is 4.73. The van der Waals surface area contributed by atoms with E-state index in [2.05, 4.69) is 9.71 Å². The van der Waals surface area contributed by atoms with Crippen molar-refractivity contribution in [2.45, 2.75) is 13.3 Å². The van der Waals surface area contributed by atoms with Crippen LogP contribution in [0.4, 0.5) is 5.69 Å². The molecule has 3 rings (SSSR count). The van der Waals surface area contributed by atoms with Crippen LogP contribution in [0.3, 0.4) is 0 Å². The van der Waals surface area contributed by atoms with Gasteiger partial charge in [-0.1, -0.05) is 25.1 Å². The number of amides is 1. The quantitative estimate of drug-likeness (QED) is 0.762. The molecule has 1 N–H and O–H groups in total. The van der Waals surface area contributed by atoms with Gasteiger partial charge in [0.05, 0.1) is 19.9 Å². The van der Waals surface area contributed by atoms with E-state index in [1.165, 1.54) is 27.3 Å². The molecule has 0 aromatic heterocycles. The molecule has 1 heterocycles. The predicted octanol–water partition coefficient (Wildman–Crippen LogP) is 2.77. The molecule has 0 bridgehead atoms. The highest BCUT2D eigenvalue weighted by Gasteiger charge is 2.31. The molecule has 9 heteroatoms. The zero-order valence-electron chi connectivity index (χ0n) is 17.2. The van der Waals surface area contributed by atoms with E-state index in [0.29, 0.717) is 22.7 Å². The molecule has 2 aromatic carbocycles. The van der Waals surface area contributed by atoms with Gasteiger partial charge in [-0.05, 0) is 42.3 Å². The Kier molecular flexibility index (Phi) is 6.12. The number of methoxy groups -OCH3 is 2. The van der Waals surface area contributed by atoms with E-state index in [4.69, 9.17) is 9.47 Å². The molecule has 0 unspecified atom stereocenters. The molecule has 0 spiro atoms. The smallest absolute Gasteiger partial charge is 0.345 e. The number of hydrogen-bond acceptors (Lipinski definition) is 5. The van der Waals surface area contributed by atoms with Crippen LogP contribution in [0, 0.1) is 0 Å². The van der Waals surface area contributed by atoms with Gasteiger partial charge in [-0.2, -0.15) is 8.42 Å². The number of para-hydroxylation sites is 1. The molecule has 0 aliphatic carbocycles. The van der Waals surface area contributed by atoms with Gasteiger partial charge in [0.25, 0.3) is 5.91 Å². The Morgan fingerprint density at radius 1 is 1.13 bits per heavy atom. The topological polar surface area (TPSA) is 97.3 Å². The SMILES string of the molecule is CCc1ccccc1NC(=O)C1=CC(c2cc(OC)ccc2OC)=NS(=O)(=O)N1C. The second-order valence-electron chi connectivity index (χ2n) is 6.48. The van der Waals surface area contributed by atoms with Crippen molar-refractivity contribution in [1.82, 2.24) is 4.31 Å². The summed E-state index contributed by atoms with van der Waals surface area (Å²) < 4.78 is 40.6. The molecule has 0 saturated carbocycles. The maximum Gasteiger partial charge on any atom is 0.345 e. The lowest BCUT2D eigenvalue weighted by Crippen LogP contribution is -2.35. The van der Waals surface area contributed by atoms with Crippen LogP contribution >= 0.6 is 0 Å². The number of carbonyl (C=O) groups is 1. The third kappa shape index (κ3) is 4.16. The molecule has 2 aromatic rings. The van der Waals surface area contributed by atoms with E-state index in [1.54, 1.807) is 30.3 Å².